The fourth-order valence-electron chi connectivity index (χ4n) is 3.79. The van der Waals surface area contributed by atoms with Crippen molar-refractivity contribution in [2.75, 3.05) is 18.0 Å². The number of benzene rings is 1. The molecule has 6 nitrogen and oxygen atoms in total. The van der Waals surface area contributed by atoms with Crippen molar-refractivity contribution in [1.29, 1.82) is 0 Å². The van der Waals surface area contributed by atoms with Gasteiger partial charge in [-0.1, -0.05) is 37.6 Å². The number of aromatic nitrogens is 3. The lowest BCUT2D eigenvalue weighted by Gasteiger charge is -2.41. The molecule has 3 aromatic rings. The van der Waals surface area contributed by atoms with Crippen molar-refractivity contribution >= 4 is 17.5 Å². The van der Waals surface area contributed by atoms with Crippen LogP contribution in [0.3, 0.4) is 0 Å². The average Bonchev–Trinajstić information content (AvgIpc) is 2.68. The van der Waals surface area contributed by atoms with Gasteiger partial charge in [0.05, 0.1) is 18.3 Å². The molecule has 0 saturated heterocycles. The molecule has 1 aliphatic heterocycles. The lowest BCUT2D eigenvalue weighted by molar-refractivity contribution is 0.171. The quantitative estimate of drug-likeness (QED) is 0.712. The standard InChI is InChI=1S/C22H23ClN4O2/c1-22(2)13-26(12-19(28)16-4-3-5-17(23)10-16)21-25-18(11-20(29)27(21)14-22)15-6-8-24-9-7-15/h3-11,19,28H,12-14H2,1-2H3. The first-order valence-electron chi connectivity index (χ1n) is 9.53. The van der Waals surface area contributed by atoms with E-state index in [4.69, 9.17) is 16.6 Å². The molecule has 0 spiro atoms. The van der Waals surface area contributed by atoms with Gasteiger partial charge in [0.25, 0.3) is 5.56 Å². The molecule has 0 saturated carbocycles. The van der Waals surface area contributed by atoms with E-state index in [2.05, 4.69) is 18.8 Å². The van der Waals surface area contributed by atoms with Gasteiger partial charge >= 0.3 is 0 Å². The Balaban J connectivity index is 1.74. The topological polar surface area (TPSA) is 71.2 Å². The minimum absolute atomic E-state index is 0.100. The highest BCUT2D eigenvalue weighted by molar-refractivity contribution is 6.30. The predicted molar refractivity (Wildman–Crippen MR) is 114 cm³/mol. The molecule has 1 unspecified atom stereocenters. The van der Waals surface area contributed by atoms with E-state index in [1.165, 1.54) is 0 Å². The molecule has 150 valence electrons. The number of hydrogen-bond acceptors (Lipinski definition) is 5. The molecule has 0 amide bonds. The van der Waals surface area contributed by atoms with E-state index in [0.29, 0.717) is 36.3 Å². The Morgan fingerprint density at radius 3 is 2.66 bits per heavy atom. The van der Waals surface area contributed by atoms with Crippen molar-refractivity contribution < 1.29 is 5.11 Å². The fraction of sp³-hybridized carbons (Fsp3) is 0.318. The Hall–Kier alpha value is -2.70. The molecule has 1 aliphatic rings. The number of aliphatic hydroxyl groups excluding tert-OH is 1. The summed E-state index contributed by atoms with van der Waals surface area (Å²) in [4.78, 5) is 23.7. The Bertz CT molecular complexity index is 1080. The number of anilines is 1. The molecular weight excluding hydrogens is 388 g/mol. The number of aliphatic hydroxyl groups is 1. The fourth-order valence-corrected chi connectivity index (χ4v) is 3.99. The monoisotopic (exact) mass is 410 g/mol. The predicted octanol–water partition coefficient (Wildman–Crippen LogP) is 3.54. The summed E-state index contributed by atoms with van der Waals surface area (Å²) in [7, 11) is 0. The molecule has 3 heterocycles. The third-order valence-corrected chi connectivity index (χ3v) is 5.31. The van der Waals surface area contributed by atoms with E-state index in [0.717, 1.165) is 11.1 Å². The van der Waals surface area contributed by atoms with Crippen molar-refractivity contribution in [1.82, 2.24) is 14.5 Å². The van der Waals surface area contributed by atoms with E-state index in [1.807, 2.05) is 29.2 Å². The SMILES string of the molecule is CC1(C)CN(CC(O)c2cccc(Cl)c2)c2nc(-c3ccncc3)cc(=O)n2C1. The molecule has 29 heavy (non-hydrogen) atoms. The molecule has 1 aromatic carbocycles. The first kappa shape index (κ1) is 19.6. The van der Waals surface area contributed by atoms with Gasteiger partial charge in [-0.15, -0.1) is 0 Å². The van der Waals surface area contributed by atoms with Crippen LogP contribution in [0.1, 0.15) is 25.5 Å². The summed E-state index contributed by atoms with van der Waals surface area (Å²) in [6.45, 7) is 5.79. The number of halogens is 1. The maximum absolute atomic E-state index is 12.9. The van der Waals surface area contributed by atoms with Crippen LogP contribution in [0.5, 0.6) is 0 Å². The van der Waals surface area contributed by atoms with E-state index in [1.54, 1.807) is 35.2 Å². The third-order valence-electron chi connectivity index (χ3n) is 5.08. The smallest absolute Gasteiger partial charge is 0.255 e. The number of nitrogens with zero attached hydrogens (tertiary/aromatic N) is 4. The number of pyridine rings is 1. The van der Waals surface area contributed by atoms with E-state index >= 15 is 0 Å². The van der Waals surface area contributed by atoms with Gasteiger partial charge in [0.2, 0.25) is 5.95 Å². The number of fused-ring (bicyclic) bond motifs is 1. The summed E-state index contributed by atoms with van der Waals surface area (Å²) in [6, 6.07) is 12.4. The summed E-state index contributed by atoms with van der Waals surface area (Å²) < 4.78 is 1.69. The van der Waals surface area contributed by atoms with Crippen LogP contribution in [-0.2, 0) is 6.54 Å². The summed E-state index contributed by atoms with van der Waals surface area (Å²) in [6.07, 6.45) is 2.60. The zero-order valence-corrected chi connectivity index (χ0v) is 17.2. The van der Waals surface area contributed by atoms with Gasteiger partial charge in [-0.2, -0.15) is 0 Å². The van der Waals surface area contributed by atoms with Crippen LogP contribution in [0.2, 0.25) is 5.02 Å². The second-order valence-electron chi connectivity index (χ2n) is 8.22. The lowest BCUT2D eigenvalue weighted by atomic mass is 9.90. The Morgan fingerprint density at radius 2 is 1.93 bits per heavy atom. The zero-order valence-electron chi connectivity index (χ0n) is 16.4. The molecule has 2 aromatic heterocycles. The van der Waals surface area contributed by atoms with Gasteiger partial charge in [0.1, 0.15) is 0 Å². The van der Waals surface area contributed by atoms with Crippen LogP contribution >= 0.6 is 11.6 Å². The van der Waals surface area contributed by atoms with Crippen molar-refractivity contribution in [2.45, 2.75) is 26.5 Å². The van der Waals surface area contributed by atoms with E-state index < -0.39 is 6.10 Å². The minimum atomic E-state index is -0.752. The second kappa shape index (κ2) is 7.61. The van der Waals surface area contributed by atoms with E-state index in [9.17, 15) is 9.90 Å². The first-order valence-corrected chi connectivity index (χ1v) is 9.91. The Labute approximate surface area is 174 Å². The van der Waals surface area contributed by atoms with E-state index in [-0.39, 0.29) is 11.0 Å². The normalized spacial score (nSPS) is 16.3. The van der Waals surface area contributed by atoms with Gasteiger partial charge in [0.15, 0.2) is 0 Å². The summed E-state index contributed by atoms with van der Waals surface area (Å²) in [5.74, 6) is 0.574. The summed E-state index contributed by atoms with van der Waals surface area (Å²) in [5.41, 5.74) is 1.94. The van der Waals surface area contributed by atoms with Crippen LogP contribution in [0.4, 0.5) is 5.95 Å². The average molecular weight is 411 g/mol. The molecule has 1 N–H and O–H groups in total. The van der Waals surface area contributed by atoms with Gasteiger partial charge in [0, 0.05) is 47.6 Å². The molecule has 0 aliphatic carbocycles. The molecule has 0 fully saturated rings. The molecule has 1 atom stereocenters. The molecule has 7 heteroatoms. The third kappa shape index (κ3) is 4.18. The Morgan fingerprint density at radius 1 is 1.17 bits per heavy atom. The first-order chi connectivity index (χ1) is 13.8. The highest BCUT2D eigenvalue weighted by Crippen LogP contribution is 2.32. The minimum Gasteiger partial charge on any atom is -0.387 e. The van der Waals surface area contributed by atoms with Gasteiger partial charge in [-0.25, -0.2) is 4.98 Å². The van der Waals surface area contributed by atoms with Crippen LogP contribution in [0, 0.1) is 5.41 Å². The van der Waals surface area contributed by atoms with Gasteiger partial charge in [-0.3, -0.25) is 14.3 Å². The zero-order chi connectivity index (χ0) is 20.6. The molecule has 0 bridgehead atoms. The number of β-amino-alcohol motifs (C(OH)–C–C–N with tert-alkyl or cyclic N) is 1. The Kier molecular flexibility index (Phi) is 5.15. The number of rotatable bonds is 4. The highest BCUT2D eigenvalue weighted by Gasteiger charge is 2.33. The largest absolute Gasteiger partial charge is 0.387 e. The van der Waals surface area contributed by atoms with Gasteiger partial charge < -0.3 is 10.0 Å². The maximum Gasteiger partial charge on any atom is 0.255 e. The van der Waals surface area contributed by atoms with Crippen molar-refractivity contribution in [3.63, 3.8) is 0 Å². The van der Waals surface area contributed by atoms with Crippen LogP contribution < -0.4 is 10.5 Å². The van der Waals surface area contributed by atoms with Crippen LogP contribution in [0.25, 0.3) is 11.3 Å². The maximum atomic E-state index is 12.9. The van der Waals surface area contributed by atoms with Gasteiger partial charge in [-0.05, 0) is 29.8 Å². The lowest BCUT2D eigenvalue weighted by Crippen LogP contribution is -2.48. The second-order valence-corrected chi connectivity index (χ2v) is 8.65. The number of hydrogen-bond donors (Lipinski definition) is 1. The summed E-state index contributed by atoms with van der Waals surface area (Å²) in [5, 5.41) is 11.4. The van der Waals surface area contributed by atoms with Crippen LogP contribution in [0.15, 0.2) is 59.7 Å². The highest BCUT2D eigenvalue weighted by atomic mass is 35.5. The van der Waals surface area contributed by atoms with Crippen molar-refractivity contribution in [2.24, 2.45) is 5.41 Å². The molecule has 4 rings (SSSR count). The molecular formula is C22H23ClN4O2. The van der Waals surface area contributed by atoms with Crippen molar-refractivity contribution in [3.8, 4) is 11.3 Å². The summed E-state index contributed by atoms with van der Waals surface area (Å²) >= 11 is 6.08. The van der Waals surface area contributed by atoms with Crippen molar-refractivity contribution in [3.05, 3.63) is 75.8 Å². The van der Waals surface area contributed by atoms with Crippen LogP contribution in [-0.4, -0.2) is 32.7 Å². The molecule has 0 radical (unpaired) electrons.